The molecule has 4 rings (SSSR count). The van der Waals surface area contributed by atoms with Crippen LogP contribution in [0.5, 0.6) is 0 Å². The molecule has 0 atom stereocenters. The normalized spacial score (nSPS) is 15.0. The molecule has 1 aliphatic rings. The van der Waals surface area contributed by atoms with Crippen molar-refractivity contribution in [2.75, 3.05) is 4.90 Å². The molecule has 8 nitrogen and oxygen atoms in total. The number of nitro benzene ring substituents is 1. The van der Waals surface area contributed by atoms with E-state index in [4.69, 9.17) is 12.2 Å². The Morgan fingerprint density at radius 3 is 2.58 bits per heavy atom. The zero-order valence-corrected chi connectivity index (χ0v) is 17.3. The van der Waals surface area contributed by atoms with Crippen LogP contribution in [0.4, 0.5) is 11.4 Å². The summed E-state index contributed by atoms with van der Waals surface area (Å²) in [6.07, 6.45) is 3.39. The van der Waals surface area contributed by atoms with Gasteiger partial charge in [0, 0.05) is 24.0 Å². The van der Waals surface area contributed by atoms with Crippen LogP contribution in [0.15, 0.2) is 71.8 Å². The molecule has 1 aromatic heterocycles. The summed E-state index contributed by atoms with van der Waals surface area (Å²) in [6, 6.07) is 15.7. The van der Waals surface area contributed by atoms with E-state index in [0.29, 0.717) is 22.0 Å². The molecule has 2 heterocycles. The Kier molecular flexibility index (Phi) is 5.40. The van der Waals surface area contributed by atoms with Gasteiger partial charge in [-0.1, -0.05) is 36.1 Å². The lowest BCUT2D eigenvalue weighted by Crippen LogP contribution is -2.27. The molecule has 2 aromatic carbocycles. The molecule has 1 N–H and O–H groups in total. The van der Waals surface area contributed by atoms with E-state index in [1.807, 2.05) is 0 Å². The van der Waals surface area contributed by atoms with E-state index in [2.05, 4.69) is 0 Å². The number of nitro groups is 1. The van der Waals surface area contributed by atoms with Crippen LogP contribution in [0, 0.1) is 10.1 Å². The molecule has 31 heavy (non-hydrogen) atoms. The molecule has 1 fully saturated rings. The standard InChI is InChI=1S/C21H13N3O5S2/c25-19-18(31-21(30)23(19)16-6-1-4-13(10-16)20(26)27)12-15-8-3-9-22(15)14-5-2-7-17(11-14)24(28)29/h1-12H,(H,26,27)/b18-12+. The molecule has 3 aromatic rings. The summed E-state index contributed by atoms with van der Waals surface area (Å²) in [4.78, 5) is 36.5. The topological polar surface area (TPSA) is 106 Å². The number of aromatic carboxylic acids is 1. The fraction of sp³-hybridized carbons (Fsp3) is 0. The Labute approximate surface area is 185 Å². The quantitative estimate of drug-likeness (QED) is 0.264. The van der Waals surface area contributed by atoms with Crippen LogP contribution in [0.25, 0.3) is 11.8 Å². The number of hydrogen-bond acceptors (Lipinski definition) is 6. The lowest BCUT2D eigenvalue weighted by Gasteiger charge is -2.14. The summed E-state index contributed by atoms with van der Waals surface area (Å²) < 4.78 is 2.01. The van der Waals surface area contributed by atoms with Crippen molar-refractivity contribution in [3.05, 3.63) is 93.1 Å². The first-order valence-corrected chi connectivity index (χ1v) is 10.1. The molecule has 0 bridgehead atoms. The minimum atomic E-state index is -1.10. The van der Waals surface area contributed by atoms with Gasteiger partial charge < -0.3 is 9.67 Å². The minimum Gasteiger partial charge on any atom is -0.478 e. The maximum atomic E-state index is 13.0. The number of benzene rings is 2. The zero-order valence-electron chi connectivity index (χ0n) is 15.7. The van der Waals surface area contributed by atoms with Crippen LogP contribution in [0.3, 0.4) is 0 Å². The van der Waals surface area contributed by atoms with Crippen molar-refractivity contribution in [3.63, 3.8) is 0 Å². The maximum absolute atomic E-state index is 13.0. The second-order valence-electron chi connectivity index (χ2n) is 6.45. The molecule has 154 valence electrons. The van der Waals surface area contributed by atoms with E-state index in [1.165, 1.54) is 29.2 Å². The highest BCUT2D eigenvalue weighted by atomic mass is 32.2. The van der Waals surface area contributed by atoms with Crippen molar-refractivity contribution in [2.24, 2.45) is 0 Å². The Bertz CT molecular complexity index is 1280. The number of carboxylic acids is 1. The van der Waals surface area contributed by atoms with Gasteiger partial charge in [0.15, 0.2) is 4.32 Å². The van der Waals surface area contributed by atoms with E-state index in [0.717, 1.165) is 11.8 Å². The van der Waals surface area contributed by atoms with E-state index in [9.17, 15) is 24.8 Å². The number of thiocarbonyl (C=S) groups is 1. The van der Waals surface area contributed by atoms with E-state index >= 15 is 0 Å². The predicted octanol–water partition coefficient (Wildman–Crippen LogP) is 4.49. The number of carbonyl (C=O) groups excluding carboxylic acids is 1. The van der Waals surface area contributed by atoms with E-state index in [-0.39, 0.29) is 21.5 Å². The van der Waals surface area contributed by atoms with Crippen molar-refractivity contribution in [3.8, 4) is 5.69 Å². The third-order valence-corrected chi connectivity index (χ3v) is 5.83. The van der Waals surface area contributed by atoms with Gasteiger partial charge in [-0.3, -0.25) is 19.8 Å². The fourth-order valence-electron chi connectivity index (χ4n) is 3.11. The highest BCUT2D eigenvalue weighted by molar-refractivity contribution is 8.27. The second-order valence-corrected chi connectivity index (χ2v) is 8.13. The number of carboxylic acid groups (broad SMARTS) is 1. The van der Waals surface area contributed by atoms with Crippen LogP contribution < -0.4 is 4.90 Å². The number of thioether (sulfide) groups is 1. The number of amides is 1. The molecule has 1 saturated heterocycles. The molecule has 0 radical (unpaired) electrons. The minimum absolute atomic E-state index is 0.0400. The van der Waals surface area contributed by atoms with Crippen LogP contribution in [0.2, 0.25) is 0 Å². The van der Waals surface area contributed by atoms with Crippen molar-refractivity contribution in [2.45, 2.75) is 0 Å². The van der Waals surface area contributed by atoms with Gasteiger partial charge in [-0.15, -0.1) is 0 Å². The van der Waals surface area contributed by atoms with Gasteiger partial charge in [-0.2, -0.15) is 0 Å². The SMILES string of the molecule is O=C(O)c1cccc(N2C(=O)/C(=C\c3cccn3-c3cccc([N+](=O)[O-])c3)SC2=S)c1. The lowest BCUT2D eigenvalue weighted by atomic mass is 10.2. The lowest BCUT2D eigenvalue weighted by molar-refractivity contribution is -0.384. The Morgan fingerprint density at radius 2 is 1.84 bits per heavy atom. The average molecular weight is 451 g/mol. The fourth-order valence-corrected chi connectivity index (χ4v) is 4.39. The predicted molar refractivity (Wildman–Crippen MR) is 121 cm³/mol. The number of aromatic nitrogens is 1. The Hall–Kier alpha value is -3.76. The van der Waals surface area contributed by atoms with Crippen molar-refractivity contribution in [1.29, 1.82) is 0 Å². The Morgan fingerprint density at radius 1 is 1.10 bits per heavy atom. The highest BCUT2D eigenvalue weighted by Crippen LogP contribution is 2.36. The van der Waals surface area contributed by atoms with Gasteiger partial charge in [-0.05, 0) is 42.5 Å². The van der Waals surface area contributed by atoms with Gasteiger partial charge in [0.05, 0.1) is 26.8 Å². The van der Waals surface area contributed by atoms with Gasteiger partial charge in [0.1, 0.15) is 0 Å². The van der Waals surface area contributed by atoms with Crippen LogP contribution in [-0.4, -0.2) is 30.8 Å². The number of anilines is 1. The molecular formula is C21H13N3O5S2. The summed E-state index contributed by atoms with van der Waals surface area (Å²) in [5.41, 5.74) is 1.60. The third-order valence-electron chi connectivity index (χ3n) is 4.52. The Balaban J connectivity index is 1.68. The number of carbonyl (C=O) groups is 2. The van der Waals surface area contributed by atoms with Gasteiger partial charge in [0.25, 0.3) is 11.6 Å². The number of non-ortho nitro benzene ring substituents is 1. The molecular weight excluding hydrogens is 438 g/mol. The summed E-state index contributed by atoms with van der Waals surface area (Å²) in [5, 5.41) is 20.3. The second kappa shape index (κ2) is 8.17. The smallest absolute Gasteiger partial charge is 0.335 e. The molecule has 0 aliphatic carbocycles. The van der Waals surface area contributed by atoms with Crippen LogP contribution >= 0.6 is 24.0 Å². The molecule has 0 saturated carbocycles. The largest absolute Gasteiger partial charge is 0.478 e. The monoisotopic (exact) mass is 451 g/mol. The molecule has 10 heteroatoms. The third kappa shape index (κ3) is 3.98. The van der Waals surface area contributed by atoms with Crippen molar-refractivity contribution in [1.82, 2.24) is 4.57 Å². The average Bonchev–Trinajstić information content (AvgIpc) is 3.32. The number of hydrogen-bond donors (Lipinski definition) is 1. The summed E-state index contributed by atoms with van der Waals surface area (Å²) in [5.74, 6) is -1.47. The van der Waals surface area contributed by atoms with Crippen LogP contribution in [-0.2, 0) is 4.79 Å². The molecule has 0 spiro atoms. The number of nitrogens with zero attached hydrogens (tertiary/aromatic N) is 3. The first-order chi connectivity index (χ1) is 14.8. The van der Waals surface area contributed by atoms with E-state index in [1.54, 1.807) is 53.2 Å². The van der Waals surface area contributed by atoms with Gasteiger partial charge in [-0.25, -0.2) is 4.79 Å². The maximum Gasteiger partial charge on any atom is 0.335 e. The molecule has 1 aliphatic heterocycles. The first kappa shape index (κ1) is 20.5. The zero-order chi connectivity index (χ0) is 22.1. The molecule has 1 amide bonds. The molecule has 0 unspecified atom stereocenters. The van der Waals surface area contributed by atoms with E-state index < -0.39 is 10.9 Å². The van der Waals surface area contributed by atoms with Crippen molar-refractivity contribution >= 4 is 57.6 Å². The first-order valence-electron chi connectivity index (χ1n) is 8.88. The van der Waals surface area contributed by atoms with Crippen LogP contribution in [0.1, 0.15) is 16.1 Å². The summed E-state index contributed by atoms with van der Waals surface area (Å²) in [7, 11) is 0. The summed E-state index contributed by atoms with van der Waals surface area (Å²) >= 11 is 6.45. The number of rotatable bonds is 5. The van der Waals surface area contributed by atoms with Crippen molar-refractivity contribution < 1.29 is 19.6 Å². The summed E-state index contributed by atoms with van der Waals surface area (Å²) in [6.45, 7) is 0. The van der Waals surface area contributed by atoms with Gasteiger partial charge in [0.2, 0.25) is 0 Å². The van der Waals surface area contributed by atoms with Gasteiger partial charge >= 0.3 is 5.97 Å². The highest BCUT2D eigenvalue weighted by Gasteiger charge is 2.33.